The Hall–Kier alpha value is -5.10. The lowest BCUT2D eigenvalue weighted by molar-refractivity contribution is -0.145. The van der Waals surface area contributed by atoms with Gasteiger partial charge in [0.15, 0.2) is 11.5 Å². The van der Waals surface area contributed by atoms with Crippen LogP contribution < -0.4 is 14.8 Å². The van der Waals surface area contributed by atoms with Crippen LogP contribution in [0.2, 0.25) is 0 Å². The smallest absolute Gasteiger partial charge is 0.328 e. The van der Waals surface area contributed by atoms with E-state index in [1.807, 2.05) is 121 Å². The minimum Gasteiger partial charge on any atom is -0.485 e. The van der Waals surface area contributed by atoms with Gasteiger partial charge in [-0.05, 0) is 45.2 Å². The quantitative estimate of drug-likeness (QED) is 0.178. The van der Waals surface area contributed by atoms with Gasteiger partial charge in [-0.15, -0.1) is 0 Å². The maximum Gasteiger partial charge on any atom is 0.328 e. The summed E-state index contributed by atoms with van der Waals surface area (Å²) in [4.78, 5) is 25.7. The first-order chi connectivity index (χ1) is 20.6. The number of benzene rings is 5. The molecule has 0 heterocycles. The van der Waals surface area contributed by atoms with Gasteiger partial charge in [0.05, 0.1) is 13.5 Å². The number of carbonyl (C=O) groups excluding carboxylic acids is 2. The second kappa shape index (κ2) is 14.0. The minimum absolute atomic E-state index is 0.149. The van der Waals surface area contributed by atoms with Gasteiger partial charge in [-0.2, -0.15) is 0 Å². The molecule has 0 aromatic heterocycles. The molecule has 5 rings (SSSR count). The zero-order chi connectivity index (χ0) is 29.1. The maximum absolute atomic E-state index is 13.0. The van der Waals surface area contributed by atoms with Gasteiger partial charge in [-0.25, -0.2) is 4.79 Å². The number of amides is 1. The molecule has 0 bridgehead atoms. The first kappa shape index (κ1) is 28.4. The van der Waals surface area contributed by atoms with E-state index < -0.39 is 12.0 Å². The number of esters is 1. The molecule has 1 N–H and O–H groups in total. The summed E-state index contributed by atoms with van der Waals surface area (Å²) in [6.07, 6.45) is 0.382. The highest BCUT2D eigenvalue weighted by Gasteiger charge is 2.23. The van der Waals surface area contributed by atoms with Crippen LogP contribution in [0, 0.1) is 0 Å². The van der Waals surface area contributed by atoms with Gasteiger partial charge in [0, 0.05) is 6.42 Å². The third-order valence-electron chi connectivity index (χ3n) is 6.92. The molecule has 0 aliphatic carbocycles. The molecule has 0 saturated carbocycles. The molecule has 0 saturated heterocycles. The predicted molar refractivity (Wildman–Crippen MR) is 163 cm³/mol. The van der Waals surface area contributed by atoms with Gasteiger partial charge in [-0.1, -0.05) is 109 Å². The largest absolute Gasteiger partial charge is 0.485 e. The van der Waals surface area contributed by atoms with E-state index >= 15 is 0 Å². The molecule has 0 radical (unpaired) electrons. The van der Waals surface area contributed by atoms with Crippen molar-refractivity contribution in [1.82, 2.24) is 5.32 Å². The fraction of sp³-hybridized carbons (Fsp3) is 0.167. The third kappa shape index (κ3) is 7.76. The molecule has 5 aromatic carbocycles. The lowest BCUT2D eigenvalue weighted by Crippen LogP contribution is -2.43. The molecular weight excluding hydrogens is 526 g/mol. The Labute approximate surface area is 245 Å². The topological polar surface area (TPSA) is 73.9 Å². The average molecular weight is 560 g/mol. The zero-order valence-corrected chi connectivity index (χ0v) is 23.5. The summed E-state index contributed by atoms with van der Waals surface area (Å²) < 4.78 is 17.3. The normalized spacial score (nSPS) is 11.5. The van der Waals surface area contributed by atoms with Gasteiger partial charge in [-0.3, -0.25) is 4.79 Å². The average Bonchev–Trinajstić information content (AvgIpc) is 3.03. The zero-order valence-electron chi connectivity index (χ0n) is 23.5. The van der Waals surface area contributed by atoms with E-state index in [9.17, 15) is 9.59 Å². The predicted octanol–water partition coefficient (Wildman–Crippen LogP) is 6.44. The molecule has 0 aliphatic rings. The van der Waals surface area contributed by atoms with Crippen LogP contribution in [0.4, 0.5) is 0 Å². The first-order valence-electron chi connectivity index (χ1n) is 13.9. The number of rotatable bonds is 12. The number of carbonyl (C=O) groups is 2. The van der Waals surface area contributed by atoms with Crippen LogP contribution in [0.3, 0.4) is 0 Å². The molecule has 6 nitrogen and oxygen atoms in total. The Bertz CT molecular complexity index is 1640. The molecule has 1 atom stereocenters. The fourth-order valence-electron chi connectivity index (χ4n) is 4.73. The molecule has 212 valence electrons. The third-order valence-corrected chi connectivity index (χ3v) is 6.92. The summed E-state index contributed by atoms with van der Waals surface area (Å²) in [6, 6.07) is 38.4. The maximum atomic E-state index is 13.0. The van der Waals surface area contributed by atoms with E-state index in [0.29, 0.717) is 24.7 Å². The van der Waals surface area contributed by atoms with Crippen molar-refractivity contribution in [3.8, 4) is 11.5 Å². The Balaban J connectivity index is 1.31. The van der Waals surface area contributed by atoms with Crippen molar-refractivity contribution in [2.24, 2.45) is 0 Å². The number of hydrogen-bond acceptors (Lipinski definition) is 5. The number of nitrogens with one attached hydrogen (secondary N) is 1. The Morgan fingerprint density at radius 3 is 1.88 bits per heavy atom. The van der Waals surface area contributed by atoms with Crippen LogP contribution in [0.25, 0.3) is 10.8 Å². The molecule has 0 aliphatic heterocycles. The standard InChI is InChI=1S/C36H33NO5/c1-40-36(39)32(37-35(38)23-28-16-18-30-14-8-9-15-31(30)20-28)21-29-17-19-33(41-24-26-10-4-2-5-11-26)34(22-29)42-25-27-12-6-3-7-13-27/h2-20,22,32H,21,23-25H2,1H3,(H,37,38)/t32-/m0/s1. The summed E-state index contributed by atoms with van der Waals surface area (Å²) >= 11 is 0. The van der Waals surface area contributed by atoms with Gasteiger partial charge in [0.2, 0.25) is 5.91 Å². The van der Waals surface area contributed by atoms with E-state index in [1.54, 1.807) is 0 Å². The van der Waals surface area contributed by atoms with Crippen molar-refractivity contribution in [3.63, 3.8) is 0 Å². The van der Waals surface area contributed by atoms with Crippen LogP contribution in [-0.4, -0.2) is 25.0 Å². The monoisotopic (exact) mass is 559 g/mol. The van der Waals surface area contributed by atoms with Crippen molar-refractivity contribution >= 4 is 22.6 Å². The minimum atomic E-state index is -0.860. The van der Waals surface area contributed by atoms with Gasteiger partial charge in [0.25, 0.3) is 0 Å². The fourth-order valence-corrected chi connectivity index (χ4v) is 4.73. The van der Waals surface area contributed by atoms with E-state index in [4.69, 9.17) is 14.2 Å². The Kier molecular flexibility index (Phi) is 9.47. The van der Waals surface area contributed by atoms with Crippen molar-refractivity contribution < 1.29 is 23.8 Å². The highest BCUT2D eigenvalue weighted by Crippen LogP contribution is 2.31. The van der Waals surface area contributed by atoms with Crippen LogP contribution in [-0.2, 0) is 40.4 Å². The SMILES string of the molecule is COC(=O)[C@H](Cc1ccc(OCc2ccccc2)c(OCc2ccccc2)c1)NC(=O)Cc1ccc2ccccc2c1. The van der Waals surface area contributed by atoms with Crippen molar-refractivity contribution in [1.29, 1.82) is 0 Å². The molecule has 0 unspecified atom stereocenters. The molecule has 0 spiro atoms. The Morgan fingerprint density at radius 2 is 1.21 bits per heavy atom. The molecule has 0 fully saturated rings. The first-order valence-corrected chi connectivity index (χ1v) is 13.9. The summed E-state index contributed by atoms with van der Waals surface area (Å²) in [5.41, 5.74) is 3.72. The molecular formula is C36H33NO5. The second-order valence-electron chi connectivity index (χ2n) is 10.0. The highest BCUT2D eigenvalue weighted by atomic mass is 16.5. The summed E-state index contributed by atoms with van der Waals surface area (Å²) in [5.74, 6) is 0.369. The van der Waals surface area contributed by atoms with E-state index in [-0.39, 0.29) is 18.7 Å². The van der Waals surface area contributed by atoms with Crippen molar-refractivity contribution in [2.45, 2.75) is 32.1 Å². The highest BCUT2D eigenvalue weighted by molar-refractivity contribution is 5.88. The van der Waals surface area contributed by atoms with Crippen molar-refractivity contribution in [2.75, 3.05) is 7.11 Å². The van der Waals surface area contributed by atoms with Gasteiger partial charge < -0.3 is 19.5 Å². The second-order valence-corrected chi connectivity index (χ2v) is 10.0. The van der Waals surface area contributed by atoms with Gasteiger partial charge in [0.1, 0.15) is 19.3 Å². The van der Waals surface area contributed by atoms with E-state index in [2.05, 4.69) is 5.32 Å². The molecule has 5 aromatic rings. The number of fused-ring (bicyclic) bond motifs is 1. The Morgan fingerprint density at radius 1 is 0.619 bits per heavy atom. The molecule has 1 amide bonds. The van der Waals surface area contributed by atoms with E-state index in [1.165, 1.54) is 7.11 Å². The summed E-state index contributed by atoms with van der Waals surface area (Å²) in [5, 5.41) is 5.03. The molecule has 42 heavy (non-hydrogen) atoms. The van der Waals surface area contributed by atoms with Crippen molar-refractivity contribution in [3.05, 3.63) is 144 Å². The van der Waals surface area contributed by atoms with E-state index in [0.717, 1.165) is 33.0 Å². The lowest BCUT2D eigenvalue weighted by atomic mass is 10.0. The summed E-state index contributed by atoms with van der Waals surface area (Å²) in [7, 11) is 1.32. The summed E-state index contributed by atoms with van der Waals surface area (Å²) in [6.45, 7) is 0.742. The lowest BCUT2D eigenvalue weighted by Gasteiger charge is -2.19. The number of methoxy groups -OCH3 is 1. The van der Waals surface area contributed by atoms with Crippen LogP contribution in [0.1, 0.15) is 22.3 Å². The number of hydrogen-bond donors (Lipinski definition) is 1. The van der Waals surface area contributed by atoms with Crippen LogP contribution in [0.5, 0.6) is 11.5 Å². The number of ether oxygens (including phenoxy) is 3. The van der Waals surface area contributed by atoms with Gasteiger partial charge >= 0.3 is 5.97 Å². The van der Waals surface area contributed by atoms with Crippen LogP contribution in [0.15, 0.2) is 121 Å². The molecule has 6 heteroatoms. The van der Waals surface area contributed by atoms with Crippen LogP contribution >= 0.6 is 0 Å².